The van der Waals surface area contributed by atoms with Gasteiger partial charge < -0.3 is 9.80 Å². The summed E-state index contributed by atoms with van der Waals surface area (Å²) in [6, 6.07) is 3.92. The highest BCUT2D eigenvalue weighted by Crippen LogP contribution is 2.23. The van der Waals surface area contributed by atoms with Crippen molar-refractivity contribution < 1.29 is 9.72 Å². The monoisotopic (exact) mass is 313 g/mol. The number of halogens is 1. The number of carbonyl (C=O) groups is 1. The minimum absolute atomic E-state index is 0.111. The Morgan fingerprint density at radius 2 is 2.00 bits per heavy atom. The second kappa shape index (κ2) is 7.95. The molecule has 0 aliphatic carbocycles. The first-order chi connectivity index (χ1) is 9.86. The molecule has 0 radical (unpaired) electrons. The number of amides is 1. The fraction of sp³-hybridized carbons (Fsp3) is 0.500. The average Bonchev–Trinajstić information content (AvgIpc) is 2.42. The van der Waals surface area contributed by atoms with Crippen LogP contribution in [0, 0.1) is 10.1 Å². The van der Waals surface area contributed by atoms with Crippen LogP contribution in [-0.2, 0) is 0 Å². The van der Waals surface area contributed by atoms with Gasteiger partial charge in [0.15, 0.2) is 0 Å². The van der Waals surface area contributed by atoms with Crippen molar-refractivity contribution in [3.8, 4) is 0 Å². The van der Waals surface area contributed by atoms with Crippen LogP contribution in [0.5, 0.6) is 0 Å². The second-order valence-corrected chi connectivity index (χ2v) is 5.37. The molecule has 0 spiro atoms. The van der Waals surface area contributed by atoms with Crippen molar-refractivity contribution >= 4 is 23.2 Å². The lowest BCUT2D eigenvalue weighted by molar-refractivity contribution is -0.384. The van der Waals surface area contributed by atoms with Gasteiger partial charge in [0.25, 0.3) is 11.6 Å². The van der Waals surface area contributed by atoms with E-state index >= 15 is 0 Å². The SMILES string of the molecule is CCN(CCCN(C)C)C(=O)c1ccc([N+](=O)[O-])cc1Cl. The maximum atomic E-state index is 12.4. The summed E-state index contributed by atoms with van der Waals surface area (Å²) in [6.07, 6.45) is 0.858. The normalized spacial score (nSPS) is 10.7. The number of rotatable bonds is 7. The van der Waals surface area contributed by atoms with E-state index in [2.05, 4.69) is 4.90 Å². The summed E-state index contributed by atoms with van der Waals surface area (Å²) in [6.45, 7) is 3.98. The third-order valence-corrected chi connectivity index (χ3v) is 3.41. The van der Waals surface area contributed by atoms with Gasteiger partial charge in [-0.1, -0.05) is 11.6 Å². The first-order valence-electron chi connectivity index (χ1n) is 6.74. The molecule has 0 saturated heterocycles. The first-order valence-corrected chi connectivity index (χ1v) is 7.12. The van der Waals surface area contributed by atoms with Gasteiger partial charge in [-0.25, -0.2) is 0 Å². The largest absolute Gasteiger partial charge is 0.339 e. The maximum absolute atomic E-state index is 12.4. The van der Waals surface area contributed by atoms with Crippen molar-refractivity contribution in [1.82, 2.24) is 9.80 Å². The van der Waals surface area contributed by atoms with E-state index in [-0.39, 0.29) is 16.6 Å². The fourth-order valence-electron chi connectivity index (χ4n) is 1.94. The molecular formula is C14H20ClN3O3. The van der Waals surface area contributed by atoms with Crippen LogP contribution in [-0.4, -0.2) is 54.4 Å². The Labute approximate surface area is 129 Å². The highest BCUT2D eigenvalue weighted by atomic mass is 35.5. The molecule has 1 amide bonds. The van der Waals surface area contributed by atoms with Gasteiger partial charge in [-0.2, -0.15) is 0 Å². The van der Waals surface area contributed by atoms with Crippen LogP contribution in [0.25, 0.3) is 0 Å². The molecule has 0 aliphatic rings. The minimum Gasteiger partial charge on any atom is -0.339 e. The standard InChI is InChI=1S/C14H20ClN3O3/c1-4-17(9-5-8-16(2)3)14(19)12-7-6-11(18(20)21)10-13(12)15/h6-7,10H,4-5,8-9H2,1-3H3. The van der Waals surface area contributed by atoms with E-state index in [0.717, 1.165) is 13.0 Å². The van der Waals surface area contributed by atoms with Crippen LogP contribution < -0.4 is 0 Å². The van der Waals surface area contributed by atoms with E-state index in [1.54, 1.807) is 4.90 Å². The second-order valence-electron chi connectivity index (χ2n) is 4.96. The number of hydrogen-bond acceptors (Lipinski definition) is 4. The van der Waals surface area contributed by atoms with E-state index in [1.165, 1.54) is 18.2 Å². The molecule has 1 rings (SSSR count). The summed E-state index contributed by atoms with van der Waals surface area (Å²) >= 11 is 5.99. The number of benzene rings is 1. The molecule has 0 aromatic heterocycles. The Morgan fingerprint density at radius 3 is 2.48 bits per heavy atom. The molecule has 21 heavy (non-hydrogen) atoms. The van der Waals surface area contributed by atoms with E-state index in [1.807, 2.05) is 21.0 Å². The zero-order chi connectivity index (χ0) is 16.0. The Hall–Kier alpha value is -1.66. The van der Waals surface area contributed by atoms with Crippen molar-refractivity contribution in [2.75, 3.05) is 33.7 Å². The van der Waals surface area contributed by atoms with Gasteiger partial charge in [-0.15, -0.1) is 0 Å². The number of non-ortho nitro benzene ring substituents is 1. The van der Waals surface area contributed by atoms with Crippen LogP contribution in [0.1, 0.15) is 23.7 Å². The Bertz CT molecular complexity index is 520. The molecule has 0 unspecified atom stereocenters. The predicted octanol–water partition coefficient (Wildman–Crippen LogP) is 2.66. The van der Waals surface area contributed by atoms with Gasteiger partial charge in [0, 0.05) is 25.2 Å². The average molecular weight is 314 g/mol. The van der Waals surface area contributed by atoms with E-state index in [9.17, 15) is 14.9 Å². The van der Waals surface area contributed by atoms with Gasteiger partial charge in [0.05, 0.1) is 15.5 Å². The van der Waals surface area contributed by atoms with Gasteiger partial charge in [-0.05, 0) is 40.1 Å². The van der Waals surface area contributed by atoms with Gasteiger partial charge in [-0.3, -0.25) is 14.9 Å². The Kier molecular flexibility index (Phi) is 6.58. The van der Waals surface area contributed by atoms with Crippen molar-refractivity contribution in [2.45, 2.75) is 13.3 Å². The molecule has 1 aromatic carbocycles. The van der Waals surface area contributed by atoms with Crippen LogP contribution in [0.3, 0.4) is 0 Å². The lowest BCUT2D eigenvalue weighted by atomic mass is 10.1. The lowest BCUT2D eigenvalue weighted by Crippen LogP contribution is -2.33. The lowest BCUT2D eigenvalue weighted by Gasteiger charge is -2.22. The molecule has 0 fully saturated rings. The molecule has 0 atom stereocenters. The smallest absolute Gasteiger partial charge is 0.270 e. The molecule has 0 aliphatic heterocycles. The third kappa shape index (κ3) is 4.99. The highest BCUT2D eigenvalue weighted by Gasteiger charge is 2.19. The highest BCUT2D eigenvalue weighted by molar-refractivity contribution is 6.34. The van der Waals surface area contributed by atoms with Crippen molar-refractivity contribution in [3.05, 3.63) is 38.9 Å². The van der Waals surface area contributed by atoms with Crippen LogP contribution in [0.4, 0.5) is 5.69 Å². The zero-order valence-electron chi connectivity index (χ0n) is 12.5. The maximum Gasteiger partial charge on any atom is 0.270 e. The van der Waals surface area contributed by atoms with Crippen molar-refractivity contribution in [2.24, 2.45) is 0 Å². The summed E-state index contributed by atoms with van der Waals surface area (Å²) in [4.78, 5) is 26.3. The van der Waals surface area contributed by atoms with E-state index in [0.29, 0.717) is 18.7 Å². The fourth-order valence-corrected chi connectivity index (χ4v) is 2.20. The molecule has 0 N–H and O–H groups in total. The molecule has 0 saturated carbocycles. The predicted molar refractivity (Wildman–Crippen MR) is 82.9 cm³/mol. The first kappa shape index (κ1) is 17.4. The van der Waals surface area contributed by atoms with Crippen LogP contribution in [0.2, 0.25) is 5.02 Å². The molecular weight excluding hydrogens is 294 g/mol. The van der Waals surface area contributed by atoms with E-state index in [4.69, 9.17) is 11.6 Å². The Balaban J connectivity index is 2.82. The molecule has 0 bridgehead atoms. The van der Waals surface area contributed by atoms with Crippen molar-refractivity contribution in [1.29, 1.82) is 0 Å². The summed E-state index contributed by atoms with van der Waals surface area (Å²) < 4.78 is 0. The number of hydrogen-bond donors (Lipinski definition) is 0. The van der Waals surface area contributed by atoms with E-state index < -0.39 is 4.92 Å². The number of nitro groups is 1. The topological polar surface area (TPSA) is 66.7 Å². The van der Waals surface area contributed by atoms with Gasteiger partial charge in [0.1, 0.15) is 0 Å². The number of nitro benzene ring substituents is 1. The summed E-state index contributed by atoms with van der Waals surface area (Å²) in [7, 11) is 3.95. The third-order valence-electron chi connectivity index (χ3n) is 3.10. The van der Waals surface area contributed by atoms with Gasteiger partial charge in [0.2, 0.25) is 0 Å². The summed E-state index contributed by atoms with van der Waals surface area (Å²) in [5, 5.41) is 10.8. The molecule has 6 nitrogen and oxygen atoms in total. The number of nitrogens with zero attached hydrogens (tertiary/aromatic N) is 3. The molecule has 116 valence electrons. The summed E-state index contributed by atoms with van der Waals surface area (Å²) in [5.74, 6) is -0.198. The number of carbonyl (C=O) groups excluding carboxylic acids is 1. The Morgan fingerprint density at radius 1 is 1.33 bits per heavy atom. The van der Waals surface area contributed by atoms with Gasteiger partial charge >= 0.3 is 0 Å². The molecule has 7 heteroatoms. The molecule has 1 aromatic rings. The van der Waals surface area contributed by atoms with Crippen LogP contribution in [0.15, 0.2) is 18.2 Å². The zero-order valence-corrected chi connectivity index (χ0v) is 13.3. The summed E-state index contributed by atoms with van der Waals surface area (Å²) in [5.41, 5.74) is 0.182. The van der Waals surface area contributed by atoms with Crippen LogP contribution >= 0.6 is 11.6 Å². The quantitative estimate of drug-likeness (QED) is 0.573. The van der Waals surface area contributed by atoms with Crippen molar-refractivity contribution in [3.63, 3.8) is 0 Å². The minimum atomic E-state index is -0.533. The molecule has 0 heterocycles.